The lowest BCUT2D eigenvalue weighted by molar-refractivity contribution is -0.0518. The molecule has 10 heteroatoms. The van der Waals surface area contributed by atoms with Crippen LogP contribution in [-0.4, -0.2) is 33.8 Å². The van der Waals surface area contributed by atoms with Crippen molar-refractivity contribution >= 4 is 5.91 Å². The summed E-state index contributed by atoms with van der Waals surface area (Å²) in [4.78, 5) is 16.5. The Morgan fingerprint density at radius 2 is 1.94 bits per heavy atom. The minimum Gasteiger partial charge on any atom is -0.504 e. The Labute approximate surface area is 176 Å². The van der Waals surface area contributed by atoms with Crippen molar-refractivity contribution in [1.82, 2.24) is 10.3 Å². The van der Waals surface area contributed by atoms with Gasteiger partial charge in [-0.15, -0.1) is 0 Å². The van der Waals surface area contributed by atoms with Gasteiger partial charge in [-0.25, -0.2) is 4.98 Å². The standard InChI is InChI=1S/C21H20F2N2O6/c1-11(2)30-17-8-12(6-7-16(17)31-21(22)23)20-25-13(10-29-20)9-24-19(28)14-4-3-5-15(26)18(14)27/h3-8,10-11,21,26-27H,9H2,1-2H3,(H,24,28). The number of nitrogens with one attached hydrogen (secondary N) is 1. The molecule has 0 saturated heterocycles. The normalized spacial score (nSPS) is 11.0. The predicted octanol–water partition coefficient (Wildman–Crippen LogP) is 4.07. The van der Waals surface area contributed by atoms with Crippen LogP contribution in [0.5, 0.6) is 23.0 Å². The van der Waals surface area contributed by atoms with E-state index in [0.29, 0.717) is 11.3 Å². The van der Waals surface area contributed by atoms with Crippen LogP contribution in [0.1, 0.15) is 29.9 Å². The Hall–Kier alpha value is -3.82. The number of para-hydroxylation sites is 1. The van der Waals surface area contributed by atoms with Crippen LogP contribution in [0, 0.1) is 0 Å². The van der Waals surface area contributed by atoms with Crippen LogP contribution in [0.25, 0.3) is 11.5 Å². The van der Waals surface area contributed by atoms with E-state index in [4.69, 9.17) is 9.15 Å². The smallest absolute Gasteiger partial charge is 0.387 e. The molecular weight excluding hydrogens is 414 g/mol. The first-order valence-electron chi connectivity index (χ1n) is 9.24. The summed E-state index contributed by atoms with van der Waals surface area (Å²) in [7, 11) is 0. The molecule has 0 aliphatic rings. The largest absolute Gasteiger partial charge is 0.504 e. The van der Waals surface area contributed by atoms with Gasteiger partial charge in [-0.3, -0.25) is 4.79 Å². The first-order valence-corrected chi connectivity index (χ1v) is 9.24. The van der Waals surface area contributed by atoms with Gasteiger partial charge >= 0.3 is 6.61 Å². The van der Waals surface area contributed by atoms with Crippen molar-refractivity contribution in [2.24, 2.45) is 0 Å². The number of carbonyl (C=O) groups excluding carboxylic acids is 1. The van der Waals surface area contributed by atoms with Gasteiger partial charge in [0.2, 0.25) is 5.89 Å². The lowest BCUT2D eigenvalue weighted by atomic mass is 10.1. The molecule has 0 aliphatic carbocycles. The highest BCUT2D eigenvalue weighted by Gasteiger charge is 2.17. The van der Waals surface area contributed by atoms with Crippen LogP contribution in [-0.2, 0) is 6.54 Å². The minimum atomic E-state index is -3.00. The molecule has 0 fully saturated rings. The molecule has 0 bridgehead atoms. The first-order chi connectivity index (χ1) is 14.7. The SMILES string of the molecule is CC(C)Oc1cc(-c2nc(CNC(=O)c3cccc(O)c3O)co2)ccc1OC(F)F. The molecule has 1 heterocycles. The van der Waals surface area contributed by atoms with Crippen molar-refractivity contribution in [2.45, 2.75) is 33.1 Å². The van der Waals surface area contributed by atoms with Crippen LogP contribution < -0.4 is 14.8 Å². The Kier molecular flexibility index (Phi) is 6.58. The number of nitrogens with zero attached hydrogens (tertiary/aromatic N) is 1. The van der Waals surface area contributed by atoms with Gasteiger partial charge < -0.3 is 29.4 Å². The average molecular weight is 434 g/mol. The average Bonchev–Trinajstić information content (AvgIpc) is 3.18. The number of hydrogen-bond donors (Lipinski definition) is 3. The zero-order valence-corrected chi connectivity index (χ0v) is 16.6. The van der Waals surface area contributed by atoms with E-state index in [0.717, 1.165) is 0 Å². The molecule has 3 rings (SSSR count). The highest BCUT2D eigenvalue weighted by atomic mass is 19.3. The molecule has 164 valence electrons. The highest BCUT2D eigenvalue weighted by Crippen LogP contribution is 2.34. The number of aromatic hydroxyl groups is 2. The Morgan fingerprint density at radius 1 is 1.16 bits per heavy atom. The van der Waals surface area contributed by atoms with Crippen molar-refractivity contribution in [3.05, 3.63) is 53.9 Å². The maximum atomic E-state index is 12.6. The molecular formula is C21H20F2N2O6. The zero-order valence-electron chi connectivity index (χ0n) is 16.6. The fourth-order valence-corrected chi connectivity index (χ4v) is 2.68. The van der Waals surface area contributed by atoms with Gasteiger partial charge in [0.15, 0.2) is 23.0 Å². The zero-order chi connectivity index (χ0) is 22.5. The molecule has 0 aliphatic heterocycles. The van der Waals surface area contributed by atoms with Gasteiger partial charge in [-0.1, -0.05) is 6.07 Å². The van der Waals surface area contributed by atoms with Crippen molar-refractivity contribution in [3.63, 3.8) is 0 Å². The number of alkyl halides is 2. The molecule has 0 spiro atoms. The van der Waals surface area contributed by atoms with Crippen LogP contribution in [0.2, 0.25) is 0 Å². The van der Waals surface area contributed by atoms with Crippen LogP contribution in [0.4, 0.5) is 8.78 Å². The number of halogens is 2. The molecule has 0 atom stereocenters. The van der Waals surface area contributed by atoms with Crippen LogP contribution >= 0.6 is 0 Å². The predicted molar refractivity (Wildman–Crippen MR) is 105 cm³/mol. The second-order valence-electron chi connectivity index (χ2n) is 6.71. The molecule has 8 nitrogen and oxygen atoms in total. The van der Waals surface area contributed by atoms with E-state index in [1.165, 1.54) is 42.7 Å². The lowest BCUT2D eigenvalue weighted by Gasteiger charge is -2.15. The molecule has 3 aromatic rings. The van der Waals surface area contributed by atoms with Crippen LogP contribution in [0.3, 0.4) is 0 Å². The van der Waals surface area contributed by atoms with E-state index in [-0.39, 0.29) is 35.6 Å². The number of phenols is 2. The van der Waals surface area contributed by atoms with Gasteiger partial charge in [-0.2, -0.15) is 8.78 Å². The van der Waals surface area contributed by atoms with E-state index in [2.05, 4.69) is 15.0 Å². The van der Waals surface area contributed by atoms with Gasteiger partial charge in [0.05, 0.1) is 23.9 Å². The quantitative estimate of drug-likeness (QED) is 0.458. The number of ether oxygens (including phenoxy) is 2. The van der Waals surface area contributed by atoms with Crippen LogP contribution in [0.15, 0.2) is 47.1 Å². The van der Waals surface area contributed by atoms with Crippen molar-refractivity contribution in [3.8, 4) is 34.5 Å². The van der Waals surface area contributed by atoms with E-state index in [1.54, 1.807) is 13.8 Å². The molecule has 1 amide bonds. The number of carbonyl (C=O) groups is 1. The summed E-state index contributed by atoms with van der Waals surface area (Å²) < 4.78 is 40.6. The Balaban J connectivity index is 1.74. The van der Waals surface area contributed by atoms with Gasteiger partial charge in [0.1, 0.15) is 6.26 Å². The summed E-state index contributed by atoms with van der Waals surface area (Å²) in [5.41, 5.74) is 0.747. The second-order valence-corrected chi connectivity index (χ2v) is 6.71. The highest BCUT2D eigenvalue weighted by molar-refractivity contribution is 5.97. The van der Waals surface area contributed by atoms with Gasteiger partial charge in [-0.05, 0) is 44.2 Å². The monoisotopic (exact) mass is 434 g/mol. The Morgan fingerprint density at radius 3 is 2.65 bits per heavy atom. The molecule has 0 saturated carbocycles. The number of benzene rings is 2. The molecule has 0 unspecified atom stereocenters. The van der Waals surface area contributed by atoms with Crippen molar-refractivity contribution in [1.29, 1.82) is 0 Å². The fourth-order valence-electron chi connectivity index (χ4n) is 2.68. The summed E-state index contributed by atoms with van der Waals surface area (Å²) in [6.45, 7) is 0.479. The first kappa shape index (κ1) is 21.9. The molecule has 0 radical (unpaired) electrons. The van der Waals surface area contributed by atoms with Crippen molar-refractivity contribution in [2.75, 3.05) is 0 Å². The second kappa shape index (κ2) is 9.33. The Bertz CT molecular complexity index is 1070. The maximum absolute atomic E-state index is 12.6. The van der Waals surface area contributed by atoms with Crippen molar-refractivity contribution < 1.29 is 37.7 Å². The molecule has 1 aromatic heterocycles. The number of rotatable bonds is 8. The van der Waals surface area contributed by atoms with Gasteiger partial charge in [0.25, 0.3) is 5.91 Å². The number of hydrogen-bond acceptors (Lipinski definition) is 7. The van der Waals surface area contributed by atoms with E-state index >= 15 is 0 Å². The third-order valence-electron chi connectivity index (χ3n) is 4.01. The van der Waals surface area contributed by atoms with E-state index in [9.17, 15) is 23.8 Å². The summed E-state index contributed by atoms with van der Waals surface area (Å²) in [6, 6.07) is 8.33. The number of aromatic nitrogens is 1. The lowest BCUT2D eigenvalue weighted by Crippen LogP contribution is -2.23. The fraction of sp³-hybridized carbons (Fsp3) is 0.238. The maximum Gasteiger partial charge on any atom is 0.387 e. The summed E-state index contributed by atoms with van der Waals surface area (Å²) in [6.07, 6.45) is 1.05. The third kappa shape index (κ3) is 5.41. The number of amides is 1. The molecule has 31 heavy (non-hydrogen) atoms. The third-order valence-corrected chi connectivity index (χ3v) is 4.01. The van der Waals surface area contributed by atoms with Gasteiger partial charge in [0, 0.05) is 5.56 Å². The summed E-state index contributed by atoms with van der Waals surface area (Å²) >= 11 is 0. The molecule has 3 N–H and O–H groups in total. The van der Waals surface area contributed by atoms with E-state index < -0.39 is 24.0 Å². The minimum absolute atomic E-state index is 0.0145. The number of oxazole rings is 1. The summed E-state index contributed by atoms with van der Waals surface area (Å²) in [5, 5.41) is 21.8. The summed E-state index contributed by atoms with van der Waals surface area (Å²) in [5.74, 6) is -1.36. The molecule has 2 aromatic carbocycles. The van der Waals surface area contributed by atoms with E-state index in [1.807, 2.05) is 0 Å². The topological polar surface area (TPSA) is 114 Å². The number of phenolic OH excluding ortho intramolecular Hbond substituents is 2.